The van der Waals surface area contributed by atoms with Crippen LogP contribution in [0.5, 0.6) is 0 Å². The van der Waals surface area contributed by atoms with Gasteiger partial charge in [-0.1, -0.05) is 0 Å². The molecule has 0 aliphatic heterocycles. The van der Waals surface area contributed by atoms with Gasteiger partial charge in [-0.2, -0.15) is 11.3 Å². The molecule has 18 heavy (non-hydrogen) atoms. The molecule has 0 radical (unpaired) electrons. The molecule has 4 nitrogen and oxygen atoms in total. The highest BCUT2D eigenvalue weighted by Crippen LogP contribution is 2.19. The molecule has 0 amide bonds. The van der Waals surface area contributed by atoms with E-state index < -0.39 is 10.0 Å². The summed E-state index contributed by atoms with van der Waals surface area (Å²) >= 11 is 2.84. The third-order valence-corrected chi connectivity index (χ3v) is 5.62. The van der Waals surface area contributed by atoms with E-state index >= 15 is 0 Å². The van der Waals surface area contributed by atoms with Crippen LogP contribution < -0.4 is 4.72 Å². The first-order valence-electron chi connectivity index (χ1n) is 5.31. The standard InChI is InChI=1S/C11H13NO3S3/c13-6-10-5-11(8-17-10)18(14,15)12-3-1-9-2-4-16-7-9/h2,4-5,7-8,12-13H,1,3,6H2. The number of aliphatic hydroxyl groups is 1. The van der Waals surface area contributed by atoms with E-state index in [0.717, 1.165) is 5.56 Å². The number of hydrogen-bond donors (Lipinski definition) is 2. The number of sulfonamides is 1. The maximum absolute atomic E-state index is 11.9. The Morgan fingerprint density at radius 2 is 2.17 bits per heavy atom. The normalized spacial score (nSPS) is 11.8. The molecule has 2 N–H and O–H groups in total. The highest BCUT2D eigenvalue weighted by molar-refractivity contribution is 7.89. The molecule has 98 valence electrons. The Labute approximate surface area is 114 Å². The molecule has 0 saturated carbocycles. The minimum atomic E-state index is -3.45. The third-order valence-electron chi connectivity index (χ3n) is 2.38. The lowest BCUT2D eigenvalue weighted by atomic mass is 10.2. The van der Waals surface area contributed by atoms with Crippen LogP contribution in [0.15, 0.2) is 33.2 Å². The number of rotatable bonds is 6. The molecule has 0 aliphatic carbocycles. The van der Waals surface area contributed by atoms with Crippen LogP contribution in [0.2, 0.25) is 0 Å². The van der Waals surface area contributed by atoms with Crippen LogP contribution in [0.1, 0.15) is 10.4 Å². The van der Waals surface area contributed by atoms with Gasteiger partial charge in [0.2, 0.25) is 10.0 Å². The summed E-state index contributed by atoms with van der Waals surface area (Å²) < 4.78 is 26.4. The van der Waals surface area contributed by atoms with Gasteiger partial charge in [-0.25, -0.2) is 13.1 Å². The molecule has 0 unspecified atom stereocenters. The largest absolute Gasteiger partial charge is 0.391 e. The quantitative estimate of drug-likeness (QED) is 0.855. The number of hydrogen-bond acceptors (Lipinski definition) is 5. The third kappa shape index (κ3) is 3.39. The van der Waals surface area contributed by atoms with E-state index in [1.54, 1.807) is 16.7 Å². The van der Waals surface area contributed by atoms with Crippen LogP contribution in [0, 0.1) is 0 Å². The zero-order chi connectivity index (χ0) is 13.0. The van der Waals surface area contributed by atoms with E-state index in [1.165, 1.54) is 17.4 Å². The molecule has 0 bridgehead atoms. The van der Waals surface area contributed by atoms with Gasteiger partial charge in [-0.05, 0) is 34.9 Å². The Hall–Kier alpha value is -0.730. The van der Waals surface area contributed by atoms with Crippen molar-refractivity contribution < 1.29 is 13.5 Å². The molecule has 0 aliphatic rings. The summed E-state index contributed by atoms with van der Waals surface area (Å²) in [4.78, 5) is 0.870. The lowest BCUT2D eigenvalue weighted by Crippen LogP contribution is -2.25. The minimum Gasteiger partial charge on any atom is -0.391 e. The van der Waals surface area contributed by atoms with Gasteiger partial charge in [0.15, 0.2) is 0 Å². The second-order valence-electron chi connectivity index (χ2n) is 3.69. The lowest BCUT2D eigenvalue weighted by molar-refractivity contribution is 0.285. The Kier molecular flexibility index (Phi) is 4.52. The van der Waals surface area contributed by atoms with Crippen molar-refractivity contribution in [2.24, 2.45) is 0 Å². The average molecular weight is 303 g/mol. The van der Waals surface area contributed by atoms with E-state index in [0.29, 0.717) is 17.8 Å². The maximum atomic E-state index is 11.9. The van der Waals surface area contributed by atoms with Crippen LogP contribution in [-0.2, 0) is 23.1 Å². The predicted octanol–water partition coefficient (Wildman–Crippen LogP) is 1.82. The second kappa shape index (κ2) is 5.94. The van der Waals surface area contributed by atoms with E-state index in [1.807, 2.05) is 16.8 Å². The summed E-state index contributed by atoms with van der Waals surface area (Å²) in [6.07, 6.45) is 0.680. The van der Waals surface area contributed by atoms with Crippen LogP contribution in [0.3, 0.4) is 0 Å². The van der Waals surface area contributed by atoms with E-state index in [4.69, 9.17) is 5.11 Å². The van der Waals surface area contributed by atoms with Crippen molar-refractivity contribution in [2.75, 3.05) is 6.54 Å². The predicted molar refractivity (Wildman–Crippen MR) is 73.5 cm³/mol. The molecule has 0 spiro atoms. The van der Waals surface area contributed by atoms with Crippen LogP contribution >= 0.6 is 22.7 Å². The number of nitrogens with one attached hydrogen (secondary N) is 1. The van der Waals surface area contributed by atoms with Gasteiger partial charge in [-0.3, -0.25) is 0 Å². The Morgan fingerprint density at radius 1 is 1.33 bits per heavy atom. The van der Waals surface area contributed by atoms with Gasteiger partial charge in [0, 0.05) is 16.8 Å². The monoisotopic (exact) mass is 303 g/mol. The zero-order valence-corrected chi connectivity index (χ0v) is 11.9. The molecule has 2 aromatic heterocycles. The summed E-state index contributed by atoms with van der Waals surface area (Å²) in [5, 5.41) is 14.4. The molecular formula is C11H13NO3S3. The smallest absolute Gasteiger partial charge is 0.241 e. The van der Waals surface area contributed by atoms with E-state index in [2.05, 4.69) is 4.72 Å². The van der Waals surface area contributed by atoms with Crippen molar-refractivity contribution in [3.63, 3.8) is 0 Å². The Balaban J connectivity index is 1.95. The van der Waals surface area contributed by atoms with Gasteiger partial charge in [0.1, 0.15) is 0 Å². The molecule has 7 heteroatoms. The Morgan fingerprint density at radius 3 is 2.78 bits per heavy atom. The fourth-order valence-electron chi connectivity index (χ4n) is 1.43. The van der Waals surface area contributed by atoms with Crippen LogP contribution in [0.25, 0.3) is 0 Å². The fraction of sp³-hybridized carbons (Fsp3) is 0.273. The molecule has 0 fully saturated rings. The fourth-order valence-corrected chi connectivity index (χ4v) is 4.30. The van der Waals surface area contributed by atoms with Gasteiger partial charge in [0.05, 0.1) is 11.5 Å². The lowest BCUT2D eigenvalue weighted by Gasteiger charge is -2.03. The van der Waals surface area contributed by atoms with Crippen molar-refractivity contribution in [1.82, 2.24) is 4.72 Å². The minimum absolute atomic E-state index is 0.130. The average Bonchev–Trinajstić information content (AvgIpc) is 2.99. The summed E-state index contributed by atoms with van der Waals surface area (Å²) in [5.74, 6) is 0. The molecule has 2 heterocycles. The first-order chi connectivity index (χ1) is 8.62. The molecule has 2 rings (SSSR count). The zero-order valence-electron chi connectivity index (χ0n) is 9.50. The van der Waals surface area contributed by atoms with Crippen LogP contribution in [-0.4, -0.2) is 20.1 Å². The summed E-state index contributed by atoms with van der Waals surface area (Å²) in [5.41, 5.74) is 1.13. The van der Waals surface area contributed by atoms with E-state index in [9.17, 15) is 8.42 Å². The molecule has 0 aromatic carbocycles. The van der Waals surface area contributed by atoms with Crippen molar-refractivity contribution in [2.45, 2.75) is 17.9 Å². The van der Waals surface area contributed by atoms with Gasteiger partial charge < -0.3 is 5.11 Å². The molecular weight excluding hydrogens is 290 g/mol. The highest BCUT2D eigenvalue weighted by atomic mass is 32.2. The van der Waals surface area contributed by atoms with Gasteiger partial charge in [0.25, 0.3) is 0 Å². The van der Waals surface area contributed by atoms with Crippen molar-refractivity contribution in [3.8, 4) is 0 Å². The first kappa shape index (κ1) is 13.7. The number of thiophene rings is 2. The van der Waals surface area contributed by atoms with E-state index in [-0.39, 0.29) is 11.5 Å². The van der Waals surface area contributed by atoms with Crippen molar-refractivity contribution in [1.29, 1.82) is 0 Å². The van der Waals surface area contributed by atoms with Gasteiger partial charge in [-0.15, -0.1) is 11.3 Å². The highest BCUT2D eigenvalue weighted by Gasteiger charge is 2.15. The SMILES string of the molecule is O=S(=O)(NCCc1ccsc1)c1csc(CO)c1. The molecule has 2 aromatic rings. The summed E-state index contributed by atoms with van der Waals surface area (Å²) in [6.45, 7) is 0.248. The summed E-state index contributed by atoms with van der Waals surface area (Å²) in [6, 6.07) is 3.48. The second-order valence-corrected chi connectivity index (χ2v) is 7.23. The Bertz CT molecular complexity index is 587. The van der Waals surface area contributed by atoms with Gasteiger partial charge >= 0.3 is 0 Å². The van der Waals surface area contributed by atoms with Crippen molar-refractivity contribution >= 4 is 32.7 Å². The maximum Gasteiger partial charge on any atom is 0.241 e. The topological polar surface area (TPSA) is 66.4 Å². The first-order valence-corrected chi connectivity index (χ1v) is 8.61. The van der Waals surface area contributed by atoms with Crippen molar-refractivity contribution in [3.05, 3.63) is 38.7 Å². The summed E-state index contributed by atoms with van der Waals surface area (Å²) in [7, 11) is -3.45. The van der Waals surface area contributed by atoms with Crippen LogP contribution in [0.4, 0.5) is 0 Å². The molecule has 0 atom stereocenters. The molecule has 0 saturated heterocycles. The number of aliphatic hydroxyl groups excluding tert-OH is 1.